The molecule has 1 aromatic rings. The van der Waals surface area contributed by atoms with E-state index in [4.69, 9.17) is 9.47 Å². The molecule has 2 rings (SSSR count). The van der Waals surface area contributed by atoms with Crippen LogP contribution in [-0.2, 0) is 21.5 Å². The van der Waals surface area contributed by atoms with E-state index in [1.807, 2.05) is 18.2 Å². The van der Waals surface area contributed by atoms with E-state index in [0.29, 0.717) is 0 Å². The summed E-state index contributed by atoms with van der Waals surface area (Å²) in [4.78, 5) is 12.2. The van der Waals surface area contributed by atoms with E-state index in [-0.39, 0.29) is 5.97 Å². The number of hydrogen-bond acceptors (Lipinski definition) is 4. The van der Waals surface area contributed by atoms with E-state index in [2.05, 4.69) is 5.32 Å². The number of carbonyl (C=O) groups excluding carboxylic acids is 1. The highest BCUT2D eigenvalue weighted by atomic mass is 16.5. The maximum atomic E-state index is 12.2. The van der Waals surface area contributed by atoms with E-state index in [9.17, 15) is 4.79 Å². The first-order chi connectivity index (χ1) is 8.67. The molecule has 98 valence electrons. The molecule has 0 bridgehead atoms. The Labute approximate surface area is 107 Å². The second-order valence-corrected chi connectivity index (χ2v) is 4.52. The van der Waals surface area contributed by atoms with Crippen molar-refractivity contribution in [1.29, 1.82) is 0 Å². The molecule has 4 nitrogen and oxygen atoms in total. The summed E-state index contributed by atoms with van der Waals surface area (Å²) < 4.78 is 10.2. The van der Waals surface area contributed by atoms with Crippen LogP contribution < -0.4 is 10.1 Å². The number of likely N-dealkylation sites (N-methyl/N-ethyl adjacent to an activating group) is 1. The first-order valence-corrected chi connectivity index (χ1v) is 6.12. The number of hydrogen-bond donors (Lipinski definition) is 1. The van der Waals surface area contributed by atoms with Crippen molar-refractivity contribution in [2.24, 2.45) is 0 Å². The molecule has 1 atom stereocenters. The minimum atomic E-state index is -0.739. The van der Waals surface area contributed by atoms with Crippen molar-refractivity contribution in [1.82, 2.24) is 5.32 Å². The number of ether oxygens (including phenoxy) is 2. The van der Waals surface area contributed by atoms with E-state index in [1.165, 1.54) is 12.7 Å². The van der Waals surface area contributed by atoms with E-state index in [0.717, 1.165) is 30.6 Å². The van der Waals surface area contributed by atoms with Crippen LogP contribution in [-0.4, -0.2) is 27.2 Å². The second kappa shape index (κ2) is 4.98. The molecule has 1 aliphatic rings. The lowest BCUT2D eigenvalue weighted by molar-refractivity contribution is -0.149. The summed E-state index contributed by atoms with van der Waals surface area (Å²) in [6.07, 6.45) is 2.70. The Balaban J connectivity index is 2.56. The van der Waals surface area contributed by atoms with Gasteiger partial charge in [-0.3, -0.25) is 0 Å². The lowest BCUT2D eigenvalue weighted by atomic mass is 9.76. The molecule has 0 aromatic heterocycles. The Morgan fingerprint density at radius 3 is 2.78 bits per heavy atom. The quantitative estimate of drug-likeness (QED) is 0.827. The van der Waals surface area contributed by atoms with Gasteiger partial charge in [0.05, 0.1) is 14.2 Å². The molecule has 1 unspecified atom stereocenters. The summed E-state index contributed by atoms with van der Waals surface area (Å²) in [6.45, 7) is 0. The third-order valence-corrected chi connectivity index (χ3v) is 3.74. The average Bonchev–Trinajstić information content (AvgIpc) is 2.45. The Hall–Kier alpha value is -1.55. The summed E-state index contributed by atoms with van der Waals surface area (Å²) in [5, 5.41) is 3.15. The molecule has 0 amide bonds. The number of esters is 1. The summed E-state index contributed by atoms with van der Waals surface area (Å²) >= 11 is 0. The average molecular weight is 249 g/mol. The third kappa shape index (κ3) is 1.86. The number of carbonyl (C=O) groups is 1. The van der Waals surface area contributed by atoms with Gasteiger partial charge in [-0.1, -0.05) is 6.07 Å². The van der Waals surface area contributed by atoms with Gasteiger partial charge in [0.15, 0.2) is 0 Å². The number of methoxy groups -OCH3 is 2. The normalized spacial score (nSPS) is 22.2. The Kier molecular flexibility index (Phi) is 3.57. The van der Waals surface area contributed by atoms with Gasteiger partial charge < -0.3 is 14.8 Å². The van der Waals surface area contributed by atoms with Crippen molar-refractivity contribution >= 4 is 5.97 Å². The molecule has 0 radical (unpaired) electrons. The standard InChI is InChI=1S/C14H19NO3/c1-15-14(13(16)18-3)8-4-5-10-6-7-11(17-2)9-12(10)14/h6-7,9,15H,4-5,8H2,1-3H3. The molecule has 0 spiro atoms. The van der Waals surface area contributed by atoms with Crippen molar-refractivity contribution < 1.29 is 14.3 Å². The first kappa shape index (κ1) is 12.9. The molecule has 0 saturated heterocycles. The number of nitrogens with one attached hydrogen (secondary N) is 1. The van der Waals surface area contributed by atoms with Gasteiger partial charge in [0.1, 0.15) is 11.3 Å². The number of rotatable bonds is 3. The van der Waals surface area contributed by atoms with Crippen LogP contribution in [0.4, 0.5) is 0 Å². The van der Waals surface area contributed by atoms with Gasteiger partial charge in [0.25, 0.3) is 0 Å². The lowest BCUT2D eigenvalue weighted by Crippen LogP contribution is -2.50. The number of benzene rings is 1. The van der Waals surface area contributed by atoms with Gasteiger partial charge in [-0.2, -0.15) is 0 Å². The van der Waals surface area contributed by atoms with Crippen molar-refractivity contribution in [3.05, 3.63) is 29.3 Å². The van der Waals surface area contributed by atoms with E-state index in [1.54, 1.807) is 14.2 Å². The summed E-state index contributed by atoms with van der Waals surface area (Å²) in [5.41, 5.74) is 1.42. The largest absolute Gasteiger partial charge is 0.497 e. The minimum Gasteiger partial charge on any atom is -0.497 e. The molecule has 0 heterocycles. The van der Waals surface area contributed by atoms with Gasteiger partial charge in [-0.05, 0) is 49.6 Å². The smallest absolute Gasteiger partial charge is 0.330 e. The van der Waals surface area contributed by atoms with Gasteiger partial charge in [0.2, 0.25) is 0 Å². The van der Waals surface area contributed by atoms with Gasteiger partial charge >= 0.3 is 5.97 Å². The van der Waals surface area contributed by atoms with Crippen molar-refractivity contribution in [3.63, 3.8) is 0 Å². The molecule has 0 aliphatic heterocycles. The predicted molar refractivity (Wildman–Crippen MR) is 68.7 cm³/mol. The van der Waals surface area contributed by atoms with E-state index < -0.39 is 5.54 Å². The maximum absolute atomic E-state index is 12.2. The summed E-state index contributed by atoms with van der Waals surface area (Å²) in [5.74, 6) is 0.526. The number of aryl methyl sites for hydroxylation is 1. The monoisotopic (exact) mass is 249 g/mol. The van der Waals surface area contributed by atoms with Crippen LogP contribution in [0.3, 0.4) is 0 Å². The predicted octanol–water partition coefficient (Wildman–Crippen LogP) is 1.62. The highest BCUT2D eigenvalue weighted by molar-refractivity contribution is 5.83. The van der Waals surface area contributed by atoms with Crippen LogP contribution in [0, 0.1) is 0 Å². The molecule has 4 heteroatoms. The van der Waals surface area contributed by atoms with Crippen LogP contribution in [0.5, 0.6) is 5.75 Å². The zero-order valence-electron chi connectivity index (χ0n) is 11.1. The Bertz CT molecular complexity index is 458. The molecule has 1 N–H and O–H groups in total. The minimum absolute atomic E-state index is 0.237. The highest BCUT2D eigenvalue weighted by Gasteiger charge is 2.43. The lowest BCUT2D eigenvalue weighted by Gasteiger charge is -2.36. The van der Waals surface area contributed by atoms with Gasteiger partial charge in [-0.25, -0.2) is 4.79 Å². The highest BCUT2D eigenvalue weighted by Crippen LogP contribution is 2.38. The fourth-order valence-corrected chi connectivity index (χ4v) is 2.72. The Morgan fingerprint density at radius 2 is 2.17 bits per heavy atom. The van der Waals surface area contributed by atoms with Crippen molar-refractivity contribution in [2.75, 3.05) is 21.3 Å². The van der Waals surface area contributed by atoms with Crippen LogP contribution in [0.25, 0.3) is 0 Å². The van der Waals surface area contributed by atoms with Crippen molar-refractivity contribution in [3.8, 4) is 5.75 Å². The fraction of sp³-hybridized carbons (Fsp3) is 0.500. The zero-order valence-corrected chi connectivity index (χ0v) is 11.1. The van der Waals surface area contributed by atoms with Gasteiger partial charge in [-0.15, -0.1) is 0 Å². The molecule has 0 fully saturated rings. The molecule has 0 saturated carbocycles. The second-order valence-electron chi connectivity index (χ2n) is 4.52. The molecule has 1 aromatic carbocycles. The first-order valence-electron chi connectivity index (χ1n) is 6.12. The van der Waals surface area contributed by atoms with E-state index >= 15 is 0 Å². The topological polar surface area (TPSA) is 47.6 Å². The third-order valence-electron chi connectivity index (χ3n) is 3.74. The molecule has 1 aliphatic carbocycles. The zero-order chi connectivity index (χ0) is 13.2. The maximum Gasteiger partial charge on any atom is 0.330 e. The van der Waals surface area contributed by atoms with Crippen molar-refractivity contribution in [2.45, 2.75) is 24.8 Å². The molecule has 18 heavy (non-hydrogen) atoms. The SMILES string of the molecule is CNC1(C(=O)OC)CCCc2ccc(OC)cc21. The van der Waals surface area contributed by atoms with Crippen LogP contribution >= 0.6 is 0 Å². The summed E-state index contributed by atoms with van der Waals surface area (Å²) in [7, 11) is 4.85. The van der Waals surface area contributed by atoms with Crippen LogP contribution in [0.2, 0.25) is 0 Å². The van der Waals surface area contributed by atoms with Crippen LogP contribution in [0.1, 0.15) is 24.0 Å². The van der Waals surface area contributed by atoms with Crippen LogP contribution in [0.15, 0.2) is 18.2 Å². The fourth-order valence-electron chi connectivity index (χ4n) is 2.72. The number of fused-ring (bicyclic) bond motifs is 1. The van der Waals surface area contributed by atoms with Gasteiger partial charge in [0, 0.05) is 0 Å². The Morgan fingerprint density at radius 1 is 1.39 bits per heavy atom. The molecular weight excluding hydrogens is 230 g/mol. The summed E-state index contributed by atoms with van der Waals surface area (Å²) in [6, 6.07) is 5.89. The molecular formula is C14H19NO3.